The number of carbonyl (C=O) groups excluding carboxylic acids is 1. The topological polar surface area (TPSA) is 72.7 Å². The van der Waals surface area contributed by atoms with Gasteiger partial charge in [0.15, 0.2) is 5.16 Å². The first-order valence-electron chi connectivity index (χ1n) is 7.90. The van der Waals surface area contributed by atoms with E-state index >= 15 is 0 Å². The van der Waals surface area contributed by atoms with Crippen molar-refractivity contribution >= 4 is 17.7 Å². The van der Waals surface area contributed by atoms with Crippen LogP contribution >= 0.6 is 11.8 Å². The minimum absolute atomic E-state index is 0.0673. The third-order valence-electron chi connectivity index (χ3n) is 3.41. The van der Waals surface area contributed by atoms with Crippen LogP contribution in [0.4, 0.5) is 13.2 Å². The van der Waals surface area contributed by atoms with Gasteiger partial charge in [-0.1, -0.05) is 11.8 Å². The van der Waals surface area contributed by atoms with Crippen LogP contribution in [0.1, 0.15) is 29.7 Å². The van der Waals surface area contributed by atoms with Gasteiger partial charge < -0.3 is 5.32 Å². The quantitative estimate of drug-likeness (QED) is 0.610. The van der Waals surface area contributed by atoms with Crippen molar-refractivity contribution in [3.8, 4) is 0 Å². The molecule has 1 atom stereocenters. The number of alkyl halides is 3. The van der Waals surface area contributed by atoms with Crippen molar-refractivity contribution in [2.75, 3.05) is 5.75 Å². The van der Waals surface area contributed by atoms with Gasteiger partial charge in [0.1, 0.15) is 5.69 Å². The molecule has 2 aromatic heterocycles. The highest BCUT2D eigenvalue weighted by Gasteiger charge is 2.33. The van der Waals surface area contributed by atoms with Crippen LogP contribution in [0.15, 0.2) is 17.3 Å². The molecule has 0 radical (unpaired) electrons. The molecule has 2 heterocycles. The van der Waals surface area contributed by atoms with Crippen molar-refractivity contribution in [3.05, 3.63) is 34.9 Å². The van der Waals surface area contributed by atoms with E-state index in [2.05, 4.69) is 20.4 Å². The van der Waals surface area contributed by atoms with Crippen LogP contribution in [0.3, 0.4) is 0 Å². The summed E-state index contributed by atoms with van der Waals surface area (Å²) in [6, 6.07) is 2.64. The fourth-order valence-corrected chi connectivity index (χ4v) is 3.08. The number of rotatable bonds is 6. The van der Waals surface area contributed by atoms with Gasteiger partial charge in [-0.05, 0) is 39.8 Å². The number of aryl methyl sites for hydroxylation is 3. The zero-order valence-corrected chi connectivity index (χ0v) is 15.7. The maximum absolute atomic E-state index is 12.8. The van der Waals surface area contributed by atoms with Gasteiger partial charge >= 0.3 is 6.18 Å². The summed E-state index contributed by atoms with van der Waals surface area (Å²) in [5, 5.41) is 7.05. The summed E-state index contributed by atoms with van der Waals surface area (Å²) in [5.74, 6) is -0.370. The monoisotopic (exact) mass is 387 g/mol. The molecule has 10 heteroatoms. The molecule has 0 unspecified atom stereocenters. The fourth-order valence-electron chi connectivity index (χ4n) is 2.36. The van der Waals surface area contributed by atoms with Gasteiger partial charge in [-0.2, -0.15) is 18.3 Å². The minimum Gasteiger partial charge on any atom is -0.351 e. The van der Waals surface area contributed by atoms with Crippen molar-refractivity contribution in [1.82, 2.24) is 25.1 Å². The van der Waals surface area contributed by atoms with Crippen LogP contribution in [0, 0.1) is 20.8 Å². The lowest BCUT2D eigenvalue weighted by Gasteiger charge is -2.15. The van der Waals surface area contributed by atoms with E-state index in [4.69, 9.17) is 0 Å². The fraction of sp³-hybridized carbons (Fsp3) is 0.500. The molecule has 0 bridgehead atoms. The molecular weight excluding hydrogens is 367 g/mol. The van der Waals surface area contributed by atoms with Crippen molar-refractivity contribution in [1.29, 1.82) is 0 Å². The normalized spacial score (nSPS) is 12.9. The standard InChI is InChI=1S/C16H20F3N5OS/c1-9-6-13(16(17,18)19)22-15(21-9)26-8-14(25)20-11(3)7-24-12(4)5-10(2)23-24/h5-6,11H,7-8H2,1-4H3,(H,20,25)/t11-/m0/s1. The number of thioether (sulfide) groups is 1. The molecule has 0 saturated heterocycles. The molecule has 1 amide bonds. The molecule has 0 aromatic carbocycles. The number of nitrogens with zero attached hydrogens (tertiary/aromatic N) is 4. The first kappa shape index (κ1) is 20.2. The molecule has 1 N–H and O–H groups in total. The van der Waals surface area contributed by atoms with E-state index in [0.717, 1.165) is 29.2 Å². The molecule has 0 saturated carbocycles. The maximum atomic E-state index is 12.8. The lowest BCUT2D eigenvalue weighted by Crippen LogP contribution is -2.37. The number of hydrogen-bond acceptors (Lipinski definition) is 5. The van der Waals surface area contributed by atoms with Crippen molar-refractivity contribution in [2.45, 2.75) is 51.6 Å². The number of nitrogens with one attached hydrogen (secondary N) is 1. The van der Waals surface area contributed by atoms with Crippen LogP contribution in [-0.2, 0) is 17.5 Å². The summed E-state index contributed by atoms with van der Waals surface area (Å²) < 4.78 is 40.1. The first-order chi connectivity index (χ1) is 12.0. The number of amides is 1. The lowest BCUT2D eigenvalue weighted by molar-refractivity contribution is -0.141. The highest BCUT2D eigenvalue weighted by molar-refractivity contribution is 7.99. The molecule has 0 aliphatic rings. The summed E-state index contributed by atoms with van der Waals surface area (Å²) >= 11 is 0.872. The predicted octanol–water partition coefficient (Wildman–Crippen LogP) is 2.91. The summed E-state index contributed by atoms with van der Waals surface area (Å²) in [6.45, 7) is 7.62. The van der Waals surface area contributed by atoms with Gasteiger partial charge in [0, 0.05) is 17.4 Å². The Morgan fingerprint density at radius 2 is 1.92 bits per heavy atom. The molecule has 0 fully saturated rings. The van der Waals surface area contributed by atoms with Crippen LogP contribution in [-0.4, -0.2) is 37.5 Å². The molecule has 142 valence electrons. The number of hydrogen-bond donors (Lipinski definition) is 1. The lowest BCUT2D eigenvalue weighted by atomic mass is 10.3. The van der Waals surface area contributed by atoms with Crippen molar-refractivity contribution < 1.29 is 18.0 Å². The summed E-state index contributed by atoms with van der Waals surface area (Å²) in [5.41, 5.74) is 1.08. The largest absolute Gasteiger partial charge is 0.433 e. The molecule has 6 nitrogen and oxygen atoms in total. The van der Waals surface area contributed by atoms with E-state index in [9.17, 15) is 18.0 Å². The Balaban J connectivity index is 1.90. The zero-order valence-electron chi connectivity index (χ0n) is 14.9. The smallest absolute Gasteiger partial charge is 0.351 e. The Hall–Kier alpha value is -2.10. The Bertz CT molecular complexity index is 791. The van der Waals surface area contributed by atoms with E-state index in [1.54, 1.807) is 4.68 Å². The van der Waals surface area contributed by atoms with E-state index in [-0.39, 0.29) is 28.6 Å². The van der Waals surface area contributed by atoms with E-state index in [1.165, 1.54) is 6.92 Å². The molecule has 2 rings (SSSR count). The molecule has 0 aliphatic carbocycles. The second kappa shape index (κ2) is 8.07. The first-order valence-corrected chi connectivity index (χ1v) is 8.89. The van der Waals surface area contributed by atoms with Crippen molar-refractivity contribution in [3.63, 3.8) is 0 Å². The van der Waals surface area contributed by atoms with Crippen LogP contribution < -0.4 is 5.32 Å². The van der Waals surface area contributed by atoms with E-state index in [0.29, 0.717) is 6.54 Å². The average molecular weight is 387 g/mol. The summed E-state index contributed by atoms with van der Waals surface area (Å²) in [6.07, 6.45) is -4.54. The summed E-state index contributed by atoms with van der Waals surface area (Å²) in [7, 11) is 0. The number of aromatic nitrogens is 4. The number of carbonyl (C=O) groups is 1. The SMILES string of the molecule is Cc1cc(C(F)(F)F)nc(SCC(=O)N[C@@H](C)Cn2nc(C)cc2C)n1. The molecule has 0 spiro atoms. The predicted molar refractivity (Wildman–Crippen MR) is 91.8 cm³/mol. The van der Waals surface area contributed by atoms with Crippen molar-refractivity contribution in [2.24, 2.45) is 0 Å². The minimum atomic E-state index is -4.54. The summed E-state index contributed by atoms with van der Waals surface area (Å²) in [4.78, 5) is 19.4. The second-order valence-electron chi connectivity index (χ2n) is 6.04. The van der Waals surface area contributed by atoms with Gasteiger partial charge in [-0.3, -0.25) is 9.48 Å². The third-order valence-corrected chi connectivity index (χ3v) is 4.26. The van der Waals surface area contributed by atoms with Gasteiger partial charge in [0.2, 0.25) is 5.91 Å². The molecular formula is C16H20F3N5OS. The molecule has 26 heavy (non-hydrogen) atoms. The molecule has 2 aromatic rings. The van der Waals surface area contributed by atoms with Gasteiger partial charge in [-0.15, -0.1) is 0 Å². The van der Waals surface area contributed by atoms with Gasteiger partial charge in [0.05, 0.1) is 18.0 Å². The van der Waals surface area contributed by atoms with Crippen LogP contribution in [0.2, 0.25) is 0 Å². The van der Waals surface area contributed by atoms with E-state index < -0.39 is 11.9 Å². The van der Waals surface area contributed by atoms with Crippen LogP contribution in [0.25, 0.3) is 0 Å². The Labute approximate surface area is 153 Å². The molecule has 0 aliphatic heterocycles. The highest BCUT2D eigenvalue weighted by atomic mass is 32.2. The van der Waals surface area contributed by atoms with Gasteiger partial charge in [-0.25, -0.2) is 9.97 Å². The Kier molecular flexibility index (Phi) is 6.27. The van der Waals surface area contributed by atoms with Gasteiger partial charge in [0.25, 0.3) is 0 Å². The Morgan fingerprint density at radius 1 is 1.23 bits per heavy atom. The maximum Gasteiger partial charge on any atom is 0.433 e. The average Bonchev–Trinajstić information content (AvgIpc) is 2.81. The highest BCUT2D eigenvalue weighted by Crippen LogP contribution is 2.29. The third kappa shape index (κ3) is 5.72. The number of halogens is 3. The zero-order chi connectivity index (χ0) is 19.5. The van der Waals surface area contributed by atoms with Crippen LogP contribution in [0.5, 0.6) is 0 Å². The second-order valence-corrected chi connectivity index (χ2v) is 6.98. The van der Waals surface area contributed by atoms with E-state index in [1.807, 2.05) is 26.8 Å². The Morgan fingerprint density at radius 3 is 2.50 bits per heavy atom.